The monoisotopic (exact) mass is 568 g/mol. The van der Waals surface area contributed by atoms with Crippen molar-refractivity contribution in [2.75, 3.05) is 18.0 Å². The summed E-state index contributed by atoms with van der Waals surface area (Å²) in [6.07, 6.45) is 3.71. The lowest BCUT2D eigenvalue weighted by Gasteiger charge is -2.36. The van der Waals surface area contributed by atoms with Gasteiger partial charge in [-0.25, -0.2) is 18.4 Å². The van der Waals surface area contributed by atoms with Crippen LogP contribution in [0.2, 0.25) is 0 Å². The molecule has 10 nitrogen and oxygen atoms in total. The molecule has 1 N–H and O–H groups in total. The second-order valence-corrected chi connectivity index (χ2v) is 11.4. The number of sulfone groups is 1. The van der Waals surface area contributed by atoms with Crippen LogP contribution in [0.25, 0.3) is 22.3 Å². The number of hydrogen-bond donors (Lipinski definition) is 1. The molecule has 0 bridgehead atoms. The minimum Gasteiger partial charge on any atom is -0.372 e. The molecule has 1 fully saturated rings. The largest absolute Gasteiger partial charge is 0.372 e. The van der Waals surface area contributed by atoms with Gasteiger partial charge in [0.05, 0.1) is 51.8 Å². The normalized spacial score (nSPS) is 17.8. The molecule has 5 heterocycles. The second-order valence-electron chi connectivity index (χ2n) is 9.51. The molecule has 1 saturated heterocycles. The van der Waals surface area contributed by atoms with E-state index in [1.807, 2.05) is 44.2 Å². The van der Waals surface area contributed by atoms with Crippen LogP contribution in [-0.2, 0) is 21.1 Å². The number of fused-ring (bicyclic) bond motifs is 1. The zero-order valence-corrected chi connectivity index (χ0v) is 22.5. The van der Waals surface area contributed by atoms with Gasteiger partial charge in [-0.05, 0) is 50.2 Å². The summed E-state index contributed by atoms with van der Waals surface area (Å²) in [5.41, 5.74) is 2.35. The third-order valence-corrected chi connectivity index (χ3v) is 7.69. The number of ether oxygens (including phenoxy) is 1. The molecule has 0 saturated carbocycles. The predicted octanol–water partition coefficient (Wildman–Crippen LogP) is 3.63. The summed E-state index contributed by atoms with van der Waals surface area (Å²) in [6.45, 7) is 5.56. The molecule has 13 heteroatoms. The first-order chi connectivity index (χ1) is 19.1. The fourth-order valence-electron chi connectivity index (χ4n) is 4.48. The maximum atomic E-state index is 12.9. The van der Waals surface area contributed by atoms with Gasteiger partial charge in [0.1, 0.15) is 5.82 Å². The van der Waals surface area contributed by atoms with Gasteiger partial charge in [-0.2, -0.15) is 8.78 Å². The zero-order chi connectivity index (χ0) is 28.4. The third kappa shape index (κ3) is 5.89. The Labute approximate surface area is 229 Å². The molecular weight excluding hydrogens is 542 g/mol. The molecule has 4 aromatic rings. The number of aromatic nitrogens is 4. The average molecular weight is 569 g/mol. The van der Waals surface area contributed by atoms with E-state index < -0.39 is 26.4 Å². The van der Waals surface area contributed by atoms with E-state index in [1.165, 1.54) is 0 Å². The fraction of sp³-hybridized carbons (Fsp3) is 0.296. The third-order valence-electron chi connectivity index (χ3n) is 6.34. The van der Waals surface area contributed by atoms with Crippen LogP contribution in [0.4, 0.5) is 14.6 Å². The molecule has 2 atom stereocenters. The average Bonchev–Trinajstić information content (AvgIpc) is 2.95. The van der Waals surface area contributed by atoms with Crippen LogP contribution >= 0.6 is 0 Å². The van der Waals surface area contributed by atoms with E-state index in [9.17, 15) is 22.0 Å². The summed E-state index contributed by atoms with van der Waals surface area (Å²) in [5.74, 6) is -3.45. The highest BCUT2D eigenvalue weighted by molar-refractivity contribution is 7.91. The van der Waals surface area contributed by atoms with Gasteiger partial charge < -0.3 is 15.0 Å². The van der Waals surface area contributed by atoms with Crippen LogP contribution in [0.5, 0.6) is 0 Å². The van der Waals surface area contributed by atoms with Gasteiger partial charge in [0, 0.05) is 37.1 Å². The first kappa shape index (κ1) is 27.5. The molecular formula is C27H26F2N6O4S. The molecule has 1 aliphatic heterocycles. The number of rotatable bonds is 7. The molecule has 0 radical (unpaired) electrons. The van der Waals surface area contributed by atoms with E-state index in [2.05, 4.69) is 20.2 Å². The van der Waals surface area contributed by atoms with Crippen molar-refractivity contribution in [2.45, 2.75) is 43.3 Å². The van der Waals surface area contributed by atoms with Crippen LogP contribution in [0.1, 0.15) is 29.9 Å². The van der Waals surface area contributed by atoms with Crippen LogP contribution in [0, 0.1) is 0 Å². The summed E-state index contributed by atoms with van der Waals surface area (Å²) >= 11 is 0. The van der Waals surface area contributed by atoms with Crippen molar-refractivity contribution >= 4 is 32.5 Å². The first-order valence-corrected chi connectivity index (χ1v) is 14.0. The van der Waals surface area contributed by atoms with Crippen molar-refractivity contribution in [1.82, 2.24) is 25.3 Å². The number of alkyl halides is 2. The Kier molecular flexibility index (Phi) is 7.68. The van der Waals surface area contributed by atoms with Gasteiger partial charge >= 0.3 is 5.76 Å². The fourth-order valence-corrected chi connectivity index (χ4v) is 5.18. The molecule has 1 aliphatic rings. The van der Waals surface area contributed by atoms with E-state index in [4.69, 9.17) is 14.7 Å². The molecule has 0 aliphatic carbocycles. The van der Waals surface area contributed by atoms with E-state index in [-0.39, 0.29) is 24.3 Å². The SMILES string of the molecule is C[C@@H]1CN(c2cccc(-c3ccc4cnc(CNC(=O)c5cncc(S(=O)(=O)C(F)F)c5)cc4n3)n2)C[C@H](C)O1. The van der Waals surface area contributed by atoms with Crippen molar-refractivity contribution in [3.8, 4) is 11.4 Å². The molecule has 0 spiro atoms. The van der Waals surface area contributed by atoms with Gasteiger partial charge in [0.25, 0.3) is 5.91 Å². The molecule has 5 rings (SSSR count). The number of nitrogens with one attached hydrogen (secondary N) is 1. The number of nitrogens with zero attached hydrogens (tertiary/aromatic N) is 5. The van der Waals surface area contributed by atoms with Crippen LogP contribution < -0.4 is 10.2 Å². The highest BCUT2D eigenvalue weighted by Crippen LogP contribution is 2.24. The molecule has 0 aromatic carbocycles. The lowest BCUT2D eigenvalue weighted by molar-refractivity contribution is -0.00545. The number of pyridine rings is 4. The summed E-state index contributed by atoms with van der Waals surface area (Å²) < 4.78 is 55.0. The molecule has 208 valence electrons. The Bertz CT molecular complexity index is 1660. The Balaban J connectivity index is 1.33. The van der Waals surface area contributed by atoms with Gasteiger partial charge in [0.2, 0.25) is 9.84 Å². The van der Waals surface area contributed by atoms with E-state index in [0.29, 0.717) is 22.6 Å². The summed E-state index contributed by atoms with van der Waals surface area (Å²) in [5, 5.41) is 3.40. The Morgan fingerprint density at radius 1 is 1.05 bits per heavy atom. The lowest BCUT2D eigenvalue weighted by atomic mass is 10.1. The minimum atomic E-state index is -4.88. The van der Waals surface area contributed by atoms with Crippen molar-refractivity contribution in [3.05, 3.63) is 72.3 Å². The smallest absolute Gasteiger partial charge is 0.341 e. The Morgan fingerprint density at radius 3 is 2.55 bits per heavy atom. The van der Waals surface area contributed by atoms with Crippen LogP contribution in [0.3, 0.4) is 0 Å². The van der Waals surface area contributed by atoms with Gasteiger partial charge in [0.15, 0.2) is 0 Å². The number of carbonyl (C=O) groups is 1. The maximum Gasteiger partial charge on any atom is 0.341 e. The number of halogens is 2. The Morgan fingerprint density at radius 2 is 1.80 bits per heavy atom. The predicted molar refractivity (Wildman–Crippen MR) is 144 cm³/mol. The van der Waals surface area contributed by atoms with Gasteiger partial charge in [-0.3, -0.25) is 14.8 Å². The van der Waals surface area contributed by atoms with Gasteiger partial charge in [-0.1, -0.05) is 6.07 Å². The van der Waals surface area contributed by atoms with Crippen molar-refractivity contribution in [1.29, 1.82) is 0 Å². The number of anilines is 1. The number of amides is 1. The second kappa shape index (κ2) is 11.2. The zero-order valence-electron chi connectivity index (χ0n) is 21.7. The minimum absolute atomic E-state index is 0.00631. The van der Waals surface area contributed by atoms with E-state index in [0.717, 1.165) is 42.8 Å². The van der Waals surface area contributed by atoms with Crippen molar-refractivity contribution < 1.29 is 26.7 Å². The standard InChI is InChI=1S/C27H26F2N6O4S/c1-16-14-35(15-17(2)39-16)25-5-3-4-22(34-25)23-7-6-18-11-31-20(9-24(18)33-23)12-32-26(36)19-8-21(13-30-10-19)40(37,38)27(28)29/h3-11,13,16-17,27H,12,14-15H2,1-2H3,(H,32,36)/t16-,17+. The quantitative estimate of drug-likeness (QED) is 0.356. The van der Waals surface area contributed by atoms with Crippen molar-refractivity contribution in [3.63, 3.8) is 0 Å². The lowest BCUT2D eigenvalue weighted by Crippen LogP contribution is -2.45. The Hall–Kier alpha value is -4.10. The number of morpholine rings is 1. The molecule has 1 amide bonds. The summed E-state index contributed by atoms with van der Waals surface area (Å²) in [7, 11) is -4.88. The number of hydrogen-bond acceptors (Lipinski definition) is 9. The molecule has 40 heavy (non-hydrogen) atoms. The maximum absolute atomic E-state index is 12.9. The van der Waals surface area contributed by atoms with Crippen LogP contribution in [0.15, 0.2) is 66.0 Å². The van der Waals surface area contributed by atoms with Gasteiger partial charge in [-0.15, -0.1) is 0 Å². The topological polar surface area (TPSA) is 127 Å². The molecule has 0 unspecified atom stereocenters. The number of carbonyl (C=O) groups excluding carboxylic acids is 1. The highest BCUT2D eigenvalue weighted by Gasteiger charge is 2.28. The summed E-state index contributed by atoms with van der Waals surface area (Å²) in [4.78, 5) is 31.6. The first-order valence-electron chi connectivity index (χ1n) is 12.5. The highest BCUT2D eigenvalue weighted by atomic mass is 32.2. The van der Waals surface area contributed by atoms with E-state index >= 15 is 0 Å². The van der Waals surface area contributed by atoms with E-state index in [1.54, 1.807) is 12.3 Å². The molecule has 4 aromatic heterocycles. The van der Waals surface area contributed by atoms with Crippen molar-refractivity contribution in [2.24, 2.45) is 0 Å². The van der Waals surface area contributed by atoms with Crippen LogP contribution in [-0.4, -0.2) is 65.3 Å². The summed E-state index contributed by atoms with van der Waals surface area (Å²) in [6, 6.07) is 12.2.